The minimum Gasteiger partial charge on any atom is -0.398 e. The molecule has 184 valence electrons. The molecule has 0 unspecified atom stereocenters. The van der Waals surface area contributed by atoms with Gasteiger partial charge in [-0.05, 0) is 41.8 Å². The minimum absolute atomic E-state index is 0.176. The molecule has 0 atom stereocenters. The van der Waals surface area contributed by atoms with Gasteiger partial charge in [0.2, 0.25) is 0 Å². The molecule has 0 heterocycles. The van der Waals surface area contributed by atoms with E-state index in [4.69, 9.17) is 11.5 Å². The van der Waals surface area contributed by atoms with E-state index in [0.717, 1.165) is 0 Å². The predicted octanol–water partition coefficient (Wildman–Crippen LogP) is 7.47. The maximum atomic E-state index is 13.3. The SMILES string of the molecule is CCC(c1cc(C(F)(F)F)c(N)c(C(F)(F)F)c1)c1cc(C(F)(F)F)c(N)c(C(F)(F)F)c1. The fourth-order valence-corrected chi connectivity index (χ4v) is 3.36. The molecular formula is C19H14F12N2. The monoisotopic (exact) mass is 498 g/mol. The van der Waals surface area contributed by atoms with Crippen LogP contribution in [0.4, 0.5) is 64.1 Å². The van der Waals surface area contributed by atoms with Gasteiger partial charge in [0.15, 0.2) is 0 Å². The van der Waals surface area contributed by atoms with Crippen LogP contribution in [0.1, 0.15) is 52.6 Å². The Morgan fingerprint density at radius 2 is 0.758 bits per heavy atom. The molecule has 2 aromatic carbocycles. The van der Waals surface area contributed by atoms with Gasteiger partial charge in [-0.2, -0.15) is 52.7 Å². The summed E-state index contributed by atoms with van der Waals surface area (Å²) in [6.07, 6.45) is -22.0. The van der Waals surface area contributed by atoms with Gasteiger partial charge in [-0.3, -0.25) is 0 Å². The van der Waals surface area contributed by atoms with E-state index in [0.29, 0.717) is 0 Å². The van der Waals surface area contributed by atoms with Crippen LogP contribution in [0.5, 0.6) is 0 Å². The van der Waals surface area contributed by atoms with Crippen molar-refractivity contribution < 1.29 is 52.7 Å². The standard InChI is InChI=1S/C19H14F12N2/c1-2-9(7-3-10(16(20,21)22)14(32)11(4-7)17(23,24)25)8-5-12(18(26,27)28)15(33)13(6-8)19(29,30)31/h3-6,9H,2,32-33H2,1H3. The summed E-state index contributed by atoms with van der Waals surface area (Å²) < 4.78 is 160. The highest BCUT2D eigenvalue weighted by Crippen LogP contribution is 2.47. The molecule has 2 aromatic rings. The van der Waals surface area contributed by atoms with Crippen molar-refractivity contribution in [2.24, 2.45) is 0 Å². The number of hydrogen-bond donors (Lipinski definition) is 2. The van der Waals surface area contributed by atoms with E-state index >= 15 is 0 Å². The summed E-state index contributed by atoms with van der Waals surface area (Å²) in [5.41, 5.74) is -2.61. The highest BCUT2D eigenvalue weighted by molar-refractivity contribution is 5.62. The van der Waals surface area contributed by atoms with Gasteiger partial charge in [0.1, 0.15) is 0 Å². The van der Waals surface area contributed by atoms with Gasteiger partial charge in [-0.1, -0.05) is 6.92 Å². The topological polar surface area (TPSA) is 52.0 Å². The van der Waals surface area contributed by atoms with Gasteiger partial charge in [-0.25, -0.2) is 0 Å². The predicted molar refractivity (Wildman–Crippen MR) is 93.9 cm³/mol. The zero-order valence-electron chi connectivity index (χ0n) is 16.3. The molecule has 0 fully saturated rings. The summed E-state index contributed by atoms with van der Waals surface area (Å²) in [4.78, 5) is 0. The summed E-state index contributed by atoms with van der Waals surface area (Å²) in [5.74, 6) is -1.71. The lowest BCUT2D eigenvalue weighted by molar-refractivity contribution is -0.143. The van der Waals surface area contributed by atoms with Gasteiger partial charge < -0.3 is 11.5 Å². The number of anilines is 2. The first kappa shape index (κ1) is 26.5. The highest BCUT2D eigenvalue weighted by Gasteiger charge is 2.43. The fraction of sp³-hybridized carbons (Fsp3) is 0.368. The van der Waals surface area contributed by atoms with Crippen LogP contribution in [-0.4, -0.2) is 0 Å². The van der Waals surface area contributed by atoms with Crippen molar-refractivity contribution in [3.05, 3.63) is 57.6 Å². The number of halogens is 12. The first-order valence-electron chi connectivity index (χ1n) is 8.85. The van der Waals surface area contributed by atoms with Crippen molar-refractivity contribution >= 4 is 11.4 Å². The molecular weight excluding hydrogens is 484 g/mol. The minimum atomic E-state index is -5.38. The summed E-state index contributed by atoms with van der Waals surface area (Å²) in [6.45, 7) is 1.17. The number of nitrogens with two attached hydrogens (primary N) is 2. The Balaban J connectivity index is 2.91. The molecule has 33 heavy (non-hydrogen) atoms. The van der Waals surface area contributed by atoms with Crippen LogP contribution in [0, 0.1) is 0 Å². The van der Waals surface area contributed by atoms with Gasteiger partial charge in [0, 0.05) is 5.92 Å². The van der Waals surface area contributed by atoms with Crippen molar-refractivity contribution in [2.45, 2.75) is 44.0 Å². The highest BCUT2D eigenvalue weighted by atomic mass is 19.4. The molecule has 14 heteroatoms. The van der Waals surface area contributed by atoms with Crippen molar-refractivity contribution in [3.63, 3.8) is 0 Å². The quantitative estimate of drug-likeness (QED) is 0.341. The molecule has 0 aromatic heterocycles. The maximum Gasteiger partial charge on any atom is 0.418 e. The molecule has 2 rings (SSSR count). The summed E-state index contributed by atoms with van der Waals surface area (Å²) in [5, 5.41) is 0. The lowest BCUT2D eigenvalue weighted by atomic mass is 9.84. The third kappa shape index (κ3) is 5.41. The smallest absolute Gasteiger partial charge is 0.398 e. The molecule has 0 bridgehead atoms. The largest absolute Gasteiger partial charge is 0.418 e. The number of alkyl halides is 12. The Morgan fingerprint density at radius 1 is 0.545 bits per heavy atom. The van der Waals surface area contributed by atoms with Gasteiger partial charge >= 0.3 is 24.7 Å². The van der Waals surface area contributed by atoms with E-state index in [1.807, 2.05) is 0 Å². The van der Waals surface area contributed by atoms with Crippen LogP contribution >= 0.6 is 0 Å². The van der Waals surface area contributed by atoms with Crippen molar-refractivity contribution in [1.82, 2.24) is 0 Å². The molecule has 4 N–H and O–H groups in total. The Kier molecular flexibility index (Phi) is 6.58. The molecule has 0 radical (unpaired) electrons. The van der Waals surface area contributed by atoms with Gasteiger partial charge in [0.05, 0.1) is 33.6 Å². The lowest BCUT2D eigenvalue weighted by Gasteiger charge is -2.24. The Hall–Kier alpha value is -2.80. The van der Waals surface area contributed by atoms with E-state index in [9.17, 15) is 52.7 Å². The van der Waals surface area contributed by atoms with Crippen molar-refractivity contribution in [2.75, 3.05) is 11.5 Å². The zero-order valence-corrected chi connectivity index (χ0v) is 16.3. The molecule has 0 saturated carbocycles. The number of nitrogen functional groups attached to an aromatic ring is 2. The Labute approximate surface area is 178 Å². The molecule has 0 spiro atoms. The number of benzene rings is 2. The van der Waals surface area contributed by atoms with E-state index in [-0.39, 0.29) is 24.3 Å². The average Bonchev–Trinajstić information content (AvgIpc) is 2.60. The molecule has 0 aliphatic carbocycles. The number of rotatable bonds is 3. The van der Waals surface area contributed by atoms with Crippen molar-refractivity contribution in [1.29, 1.82) is 0 Å². The van der Waals surface area contributed by atoms with Crippen LogP contribution in [0.15, 0.2) is 24.3 Å². The van der Waals surface area contributed by atoms with Gasteiger partial charge in [-0.15, -0.1) is 0 Å². The second kappa shape index (κ2) is 8.20. The normalized spacial score (nSPS) is 13.6. The lowest BCUT2D eigenvalue weighted by Crippen LogP contribution is -2.19. The fourth-order valence-electron chi connectivity index (χ4n) is 3.36. The summed E-state index contributed by atoms with van der Waals surface area (Å²) >= 11 is 0. The maximum absolute atomic E-state index is 13.3. The first-order chi connectivity index (χ1) is 14.7. The van der Waals surface area contributed by atoms with Crippen molar-refractivity contribution in [3.8, 4) is 0 Å². The first-order valence-corrected chi connectivity index (χ1v) is 8.85. The third-order valence-electron chi connectivity index (χ3n) is 4.84. The van der Waals surface area contributed by atoms with E-state index in [1.54, 1.807) is 0 Å². The molecule has 0 saturated heterocycles. The zero-order chi connectivity index (χ0) is 25.7. The second-order valence-corrected chi connectivity index (χ2v) is 7.01. The van der Waals surface area contributed by atoms with Crippen LogP contribution in [-0.2, 0) is 24.7 Å². The average molecular weight is 498 g/mol. The second-order valence-electron chi connectivity index (χ2n) is 7.01. The van der Waals surface area contributed by atoms with Crippen LogP contribution < -0.4 is 11.5 Å². The molecule has 0 amide bonds. The summed E-state index contributed by atoms with van der Waals surface area (Å²) in [7, 11) is 0. The number of hydrogen-bond acceptors (Lipinski definition) is 2. The van der Waals surface area contributed by atoms with E-state index in [2.05, 4.69) is 0 Å². The van der Waals surface area contributed by atoms with Crippen LogP contribution in [0.3, 0.4) is 0 Å². The Morgan fingerprint density at radius 3 is 0.909 bits per heavy atom. The third-order valence-corrected chi connectivity index (χ3v) is 4.84. The van der Waals surface area contributed by atoms with Crippen LogP contribution in [0.25, 0.3) is 0 Å². The van der Waals surface area contributed by atoms with E-state index in [1.165, 1.54) is 6.92 Å². The van der Waals surface area contributed by atoms with E-state index < -0.39 is 81.8 Å². The Bertz CT molecular complexity index is 878. The molecule has 0 aliphatic heterocycles. The molecule has 2 nitrogen and oxygen atoms in total. The molecule has 0 aliphatic rings. The van der Waals surface area contributed by atoms with Gasteiger partial charge in [0.25, 0.3) is 0 Å². The van der Waals surface area contributed by atoms with Crippen LogP contribution in [0.2, 0.25) is 0 Å². The summed E-state index contributed by atoms with van der Waals surface area (Å²) in [6, 6.07) is 0.705.